The quantitative estimate of drug-likeness (QED) is 0.0760. The third-order valence-corrected chi connectivity index (χ3v) is 8.39. The van der Waals surface area contributed by atoms with E-state index in [1.54, 1.807) is 97.1 Å². The number of benzene rings is 5. The number of carbonyl (C=O) groups is 4. The Morgan fingerprint density at radius 3 is 0.696 bits per heavy atom. The van der Waals surface area contributed by atoms with Crippen LogP contribution in [0.3, 0.4) is 0 Å². The molecule has 5 aromatic carbocycles. The van der Waals surface area contributed by atoms with Crippen LogP contribution in [0.15, 0.2) is 121 Å². The van der Waals surface area contributed by atoms with E-state index in [2.05, 4.69) is 0 Å². The summed E-state index contributed by atoms with van der Waals surface area (Å²) in [6, 6.07) is 33.1. The van der Waals surface area contributed by atoms with Crippen molar-refractivity contribution in [3.05, 3.63) is 154 Å². The number of hydrogen-bond acceptors (Lipinski definition) is 12. The van der Waals surface area contributed by atoms with Gasteiger partial charge in [-0.05, 0) is 81.2 Å². The van der Waals surface area contributed by atoms with Crippen LogP contribution < -0.4 is 29.4 Å². The Hall–Kier alpha value is -7.08. The Kier molecular flexibility index (Phi) is 14.2. The van der Waals surface area contributed by atoms with E-state index in [1.165, 1.54) is 52.7 Å². The predicted molar refractivity (Wildman–Crippen MR) is 204 cm³/mol. The molecular formula is C44H40O12. The molecule has 0 fully saturated rings. The van der Waals surface area contributed by atoms with E-state index in [4.69, 9.17) is 37.9 Å². The van der Waals surface area contributed by atoms with Gasteiger partial charge in [-0.25, -0.2) is 19.2 Å². The standard InChI is InChI=1S/C44H40O12/c1-49-35-17-5-29(6-18-35)25-53-41(45)39(42(46)54-26-30-7-19-36(50-2)20-8-30)33-13-15-34(16-14-33)40(43(47)55-27-31-9-21-37(51-3)22-10-31)44(48)56-28-32-11-23-38(52-4)24-12-32/h5-24H,25-28H2,1-4H3. The van der Waals surface area contributed by atoms with Crippen LogP contribution in [0.5, 0.6) is 23.0 Å². The fraction of sp³-hybridized carbons (Fsp3) is 0.182. The fourth-order valence-electron chi connectivity index (χ4n) is 5.21. The lowest BCUT2D eigenvalue weighted by Gasteiger charge is -2.11. The third-order valence-electron chi connectivity index (χ3n) is 8.39. The number of hydrogen-bond donors (Lipinski definition) is 0. The lowest BCUT2D eigenvalue weighted by molar-refractivity contribution is -0.146. The maximum atomic E-state index is 13.6. The van der Waals surface area contributed by atoms with Crippen LogP contribution in [-0.2, 0) is 64.6 Å². The normalized spacial score (nSPS) is 10.4. The molecule has 0 aliphatic heterocycles. The van der Waals surface area contributed by atoms with Gasteiger partial charge in [0, 0.05) is 0 Å². The maximum Gasteiger partial charge on any atom is 0.346 e. The van der Waals surface area contributed by atoms with Crippen molar-refractivity contribution in [1.29, 1.82) is 0 Å². The molecule has 12 nitrogen and oxygen atoms in total. The van der Waals surface area contributed by atoms with Gasteiger partial charge in [-0.3, -0.25) is 0 Å². The molecule has 0 bridgehead atoms. The van der Waals surface area contributed by atoms with Crippen molar-refractivity contribution in [2.24, 2.45) is 0 Å². The molecule has 5 rings (SSSR count). The molecule has 5 aromatic rings. The summed E-state index contributed by atoms with van der Waals surface area (Å²) in [5.74, 6) is -1.30. The van der Waals surface area contributed by atoms with Crippen molar-refractivity contribution in [3.63, 3.8) is 0 Å². The second kappa shape index (κ2) is 19.8. The Labute approximate surface area is 323 Å². The van der Waals surface area contributed by atoms with Crippen LogP contribution in [0.4, 0.5) is 0 Å². The highest BCUT2D eigenvalue weighted by atomic mass is 16.6. The van der Waals surface area contributed by atoms with E-state index >= 15 is 0 Å². The molecule has 0 aliphatic carbocycles. The highest BCUT2D eigenvalue weighted by Crippen LogP contribution is 2.17. The van der Waals surface area contributed by atoms with Gasteiger partial charge in [-0.15, -0.1) is 0 Å². The first-order valence-electron chi connectivity index (χ1n) is 17.3. The first-order valence-corrected chi connectivity index (χ1v) is 17.3. The summed E-state index contributed by atoms with van der Waals surface area (Å²) in [6.07, 6.45) is 0. The van der Waals surface area contributed by atoms with Crippen LogP contribution in [0, 0.1) is 0 Å². The van der Waals surface area contributed by atoms with Crippen LogP contribution >= 0.6 is 0 Å². The van der Waals surface area contributed by atoms with Crippen molar-refractivity contribution >= 4 is 35.0 Å². The van der Waals surface area contributed by atoms with E-state index in [1.807, 2.05) is 0 Å². The Bertz CT molecular complexity index is 1930. The average molecular weight is 761 g/mol. The zero-order valence-electron chi connectivity index (χ0n) is 31.3. The summed E-state index contributed by atoms with van der Waals surface area (Å²) < 4.78 is 43.0. The third kappa shape index (κ3) is 11.0. The number of esters is 4. The summed E-state index contributed by atoms with van der Waals surface area (Å²) in [6.45, 7) is -0.579. The minimum absolute atomic E-state index is 0.116. The van der Waals surface area contributed by atoms with Gasteiger partial charge in [0.1, 0.15) is 49.4 Å². The summed E-state index contributed by atoms with van der Waals surface area (Å²) in [4.78, 5) is 54.2. The second-order valence-corrected chi connectivity index (χ2v) is 12.0. The van der Waals surface area contributed by atoms with Crippen molar-refractivity contribution in [2.45, 2.75) is 26.4 Å². The zero-order chi connectivity index (χ0) is 39.9. The molecule has 56 heavy (non-hydrogen) atoms. The van der Waals surface area contributed by atoms with Gasteiger partial charge in [0.25, 0.3) is 0 Å². The molecule has 0 aromatic heterocycles. The van der Waals surface area contributed by atoms with Crippen LogP contribution in [0.1, 0.15) is 22.3 Å². The molecule has 0 saturated carbocycles. The SMILES string of the molecule is COc1ccc(COC(=O)C(C(=O)OCc2ccc(OC)cc2)=c2ccc(=C(C(=O)OCc3ccc(OC)cc3)C(=O)OCc3ccc(OC)cc3)cc2)cc1. The minimum atomic E-state index is -0.949. The molecule has 0 aliphatic rings. The lowest BCUT2D eigenvalue weighted by atomic mass is 10.1. The molecule has 0 N–H and O–H groups in total. The number of methoxy groups -OCH3 is 4. The summed E-state index contributed by atoms with van der Waals surface area (Å²) >= 11 is 0. The van der Waals surface area contributed by atoms with E-state index in [0.717, 1.165) is 0 Å². The van der Waals surface area contributed by atoms with E-state index in [0.29, 0.717) is 45.3 Å². The summed E-state index contributed by atoms with van der Waals surface area (Å²) in [5, 5.41) is 0.233. The van der Waals surface area contributed by atoms with Crippen LogP contribution in [0.2, 0.25) is 0 Å². The molecular weight excluding hydrogens is 720 g/mol. The summed E-state index contributed by atoms with van der Waals surface area (Å²) in [7, 11) is 6.15. The smallest absolute Gasteiger partial charge is 0.346 e. The fourth-order valence-corrected chi connectivity index (χ4v) is 5.21. The van der Waals surface area contributed by atoms with Gasteiger partial charge in [-0.2, -0.15) is 0 Å². The van der Waals surface area contributed by atoms with E-state index in [9.17, 15) is 19.2 Å². The number of ether oxygens (including phenoxy) is 8. The largest absolute Gasteiger partial charge is 0.497 e. The molecule has 0 atom stereocenters. The van der Waals surface area contributed by atoms with Crippen LogP contribution in [0.25, 0.3) is 11.1 Å². The van der Waals surface area contributed by atoms with Gasteiger partial charge >= 0.3 is 23.9 Å². The second-order valence-electron chi connectivity index (χ2n) is 12.0. The highest BCUT2D eigenvalue weighted by Gasteiger charge is 2.25. The number of carbonyl (C=O) groups excluding carboxylic acids is 4. The minimum Gasteiger partial charge on any atom is -0.497 e. The first-order chi connectivity index (χ1) is 27.2. The molecule has 0 spiro atoms. The topological polar surface area (TPSA) is 142 Å². The maximum absolute atomic E-state index is 13.6. The summed E-state index contributed by atoms with van der Waals surface area (Å²) in [5.41, 5.74) is 1.82. The molecule has 0 radical (unpaired) electrons. The van der Waals surface area contributed by atoms with Crippen molar-refractivity contribution in [1.82, 2.24) is 0 Å². The molecule has 0 unspecified atom stereocenters. The van der Waals surface area contributed by atoms with Crippen LogP contribution in [-0.4, -0.2) is 52.3 Å². The molecule has 12 heteroatoms. The highest BCUT2D eigenvalue weighted by molar-refractivity contribution is 6.37. The van der Waals surface area contributed by atoms with Crippen molar-refractivity contribution < 1.29 is 57.1 Å². The van der Waals surface area contributed by atoms with Gasteiger partial charge in [0.05, 0.1) is 28.4 Å². The van der Waals surface area contributed by atoms with Crippen molar-refractivity contribution in [3.8, 4) is 23.0 Å². The Morgan fingerprint density at radius 1 is 0.321 bits per heavy atom. The zero-order valence-corrected chi connectivity index (χ0v) is 31.3. The number of rotatable bonds is 16. The van der Waals surface area contributed by atoms with Crippen molar-refractivity contribution in [2.75, 3.05) is 28.4 Å². The Morgan fingerprint density at radius 2 is 0.518 bits per heavy atom. The van der Waals surface area contributed by atoms with Gasteiger partial charge in [0.2, 0.25) is 0 Å². The molecule has 0 amide bonds. The average Bonchev–Trinajstić information content (AvgIpc) is 3.24. The lowest BCUT2D eigenvalue weighted by Crippen LogP contribution is -2.28. The molecule has 0 heterocycles. The Balaban J connectivity index is 1.47. The molecule has 0 saturated heterocycles. The van der Waals surface area contributed by atoms with E-state index in [-0.39, 0.29) is 36.9 Å². The van der Waals surface area contributed by atoms with Gasteiger partial charge < -0.3 is 37.9 Å². The van der Waals surface area contributed by atoms with E-state index < -0.39 is 35.0 Å². The predicted octanol–water partition coefficient (Wildman–Crippen LogP) is 5.00. The molecule has 288 valence electrons. The first kappa shape index (κ1) is 40.1. The monoisotopic (exact) mass is 760 g/mol. The van der Waals surface area contributed by atoms with Gasteiger partial charge in [-0.1, -0.05) is 72.8 Å². The van der Waals surface area contributed by atoms with Gasteiger partial charge in [0.15, 0.2) is 11.1 Å².